The summed E-state index contributed by atoms with van der Waals surface area (Å²) in [6.07, 6.45) is 0.936. The molecule has 5 aromatic rings. The molecule has 3 aromatic carbocycles. The third kappa shape index (κ3) is 11.0. The summed E-state index contributed by atoms with van der Waals surface area (Å²) in [5.74, 6) is -1.49. The summed E-state index contributed by atoms with van der Waals surface area (Å²) in [5.41, 5.74) is 4.06. The van der Waals surface area contributed by atoms with Crippen molar-refractivity contribution in [2.24, 2.45) is 5.41 Å². The highest BCUT2D eigenvalue weighted by Gasteiger charge is 2.34. The largest absolute Gasteiger partial charge is 0.455 e. The number of hydrogen-bond acceptors (Lipinski definition) is 12. The van der Waals surface area contributed by atoms with E-state index in [0.717, 1.165) is 47.5 Å². The average Bonchev–Trinajstić information content (AvgIpc) is 3.77. The third-order valence-electron chi connectivity index (χ3n) is 13.0. The summed E-state index contributed by atoms with van der Waals surface area (Å²) in [4.78, 5) is 50.6. The number of aryl methyl sites for hydroxylation is 1. The number of aromatic nitrogens is 2. The van der Waals surface area contributed by atoms with Crippen molar-refractivity contribution in [2.75, 3.05) is 74.9 Å². The number of pyridine rings is 1. The molecule has 2 N–H and O–H groups in total. The first-order valence-corrected chi connectivity index (χ1v) is 24.1. The molecule has 2 fully saturated rings. The molecule has 2 aliphatic heterocycles. The Morgan fingerprint density at radius 1 is 1.03 bits per heavy atom. The standard InChI is InChI=1S/C49H54F3N7O8S/c1-31-21-35(49(50,51)52)5-8-40(31)42-25-48(3,4)13-11-34(42)28-56-15-17-57(18-16-56)36-6-9-41(46(23-36)67-37-22-33-12-14-53-47(33)55-26-37)45(61)30-68(64,65)39-7-10-43(44(24-39)59(62)63)54-27-38-29-58(32(2)60)19-20-66-38/h5-10,12,14,21-24,26,38,54H,11,13,15-20,25,27-30H2,1-4H3,(H,53,55). The van der Waals surface area contributed by atoms with Crippen LogP contribution < -0.4 is 15.0 Å². The minimum atomic E-state index is -4.42. The van der Waals surface area contributed by atoms with Gasteiger partial charge in [0.05, 0.1) is 39.9 Å². The zero-order valence-electron chi connectivity index (χ0n) is 38.3. The first-order chi connectivity index (χ1) is 32.2. The number of carbonyl (C=O) groups is 2. The maximum absolute atomic E-state index is 14.1. The Labute approximate surface area is 392 Å². The maximum atomic E-state index is 14.1. The van der Waals surface area contributed by atoms with Gasteiger partial charge >= 0.3 is 6.18 Å². The Morgan fingerprint density at radius 2 is 1.81 bits per heavy atom. The number of halogens is 3. The Bertz CT molecular complexity index is 2890. The van der Waals surface area contributed by atoms with E-state index in [1.807, 2.05) is 6.07 Å². The van der Waals surface area contributed by atoms with Crippen molar-refractivity contribution in [2.45, 2.75) is 64.1 Å². The van der Waals surface area contributed by atoms with Crippen LogP contribution >= 0.6 is 0 Å². The molecule has 68 heavy (non-hydrogen) atoms. The highest BCUT2D eigenvalue weighted by atomic mass is 32.2. The number of carbonyl (C=O) groups excluding carboxylic acids is 2. The van der Waals surface area contributed by atoms with Gasteiger partial charge < -0.3 is 29.6 Å². The Balaban J connectivity index is 0.997. The van der Waals surface area contributed by atoms with Crippen molar-refractivity contribution in [1.82, 2.24) is 19.8 Å². The van der Waals surface area contributed by atoms with Crippen LogP contribution in [0.15, 0.2) is 89.6 Å². The lowest BCUT2D eigenvalue weighted by Crippen LogP contribution is -2.47. The van der Waals surface area contributed by atoms with E-state index in [0.29, 0.717) is 69.4 Å². The van der Waals surface area contributed by atoms with Crippen molar-refractivity contribution < 1.29 is 45.6 Å². The lowest BCUT2D eigenvalue weighted by Gasteiger charge is -2.39. The first kappa shape index (κ1) is 48.2. The molecule has 2 aromatic heterocycles. The van der Waals surface area contributed by atoms with Crippen molar-refractivity contribution in [3.05, 3.63) is 117 Å². The fourth-order valence-corrected chi connectivity index (χ4v) is 10.5. The first-order valence-electron chi connectivity index (χ1n) is 22.5. The van der Waals surface area contributed by atoms with Gasteiger partial charge in [-0.05, 0) is 96.8 Å². The van der Waals surface area contributed by atoms with Gasteiger partial charge in [0.25, 0.3) is 5.69 Å². The van der Waals surface area contributed by atoms with Crippen LogP contribution in [0.3, 0.4) is 0 Å². The van der Waals surface area contributed by atoms with Crippen LogP contribution in [0.25, 0.3) is 16.6 Å². The molecule has 3 aliphatic rings. The van der Waals surface area contributed by atoms with E-state index in [2.05, 4.69) is 38.9 Å². The number of nitro groups is 1. The molecule has 0 saturated carbocycles. The van der Waals surface area contributed by atoms with Crippen LogP contribution in [0.1, 0.15) is 67.1 Å². The molecule has 0 spiro atoms. The number of piperazine rings is 1. The molecule has 8 rings (SSSR count). The van der Waals surface area contributed by atoms with E-state index in [1.165, 1.54) is 49.0 Å². The predicted molar refractivity (Wildman–Crippen MR) is 252 cm³/mol. The number of alkyl halides is 3. The van der Waals surface area contributed by atoms with E-state index in [4.69, 9.17) is 9.47 Å². The van der Waals surface area contributed by atoms with Gasteiger partial charge in [-0.25, -0.2) is 13.4 Å². The van der Waals surface area contributed by atoms with E-state index in [1.54, 1.807) is 42.3 Å². The Kier molecular flexibility index (Phi) is 13.7. The number of nitro benzene ring substituents is 1. The molecule has 1 aliphatic carbocycles. The molecule has 1 amide bonds. The number of ether oxygens (including phenoxy) is 2. The molecular formula is C49H54F3N7O8S. The number of fused-ring (bicyclic) bond motifs is 1. The highest BCUT2D eigenvalue weighted by Crippen LogP contribution is 2.45. The lowest BCUT2D eigenvalue weighted by atomic mass is 9.72. The number of anilines is 2. The SMILES string of the molecule is CC(=O)N1CCOC(CNc2ccc(S(=O)(=O)CC(=O)c3ccc(N4CCN(CC5=C(c6ccc(C(F)(F)F)cc6C)CC(C)(C)CC5)CC4)cc3Oc3cnc4[nH]ccc4c3)cc2[N+](=O)[O-])C1. The number of amides is 1. The van der Waals surface area contributed by atoms with E-state index < -0.39 is 54.7 Å². The monoisotopic (exact) mass is 957 g/mol. The fourth-order valence-electron chi connectivity index (χ4n) is 9.22. The number of sulfone groups is 1. The molecule has 1 unspecified atom stereocenters. The topological polar surface area (TPSA) is 180 Å². The minimum Gasteiger partial charge on any atom is -0.455 e. The second kappa shape index (κ2) is 19.4. The van der Waals surface area contributed by atoms with Gasteiger partial charge in [0.15, 0.2) is 15.6 Å². The van der Waals surface area contributed by atoms with Crippen LogP contribution in [0.5, 0.6) is 11.5 Å². The highest BCUT2D eigenvalue weighted by molar-refractivity contribution is 7.92. The molecule has 1 atom stereocenters. The Hall–Kier alpha value is -6.31. The van der Waals surface area contributed by atoms with Gasteiger partial charge in [0.2, 0.25) is 5.91 Å². The second-order valence-electron chi connectivity index (χ2n) is 18.5. The molecule has 0 radical (unpaired) electrons. The number of Topliss-reactive ketones (excluding diaryl/α,β-unsaturated/α-hetero) is 1. The summed E-state index contributed by atoms with van der Waals surface area (Å²) >= 11 is 0. The zero-order valence-corrected chi connectivity index (χ0v) is 39.1. The minimum absolute atomic E-state index is 0.00522. The fraction of sp³-hybridized carbons (Fsp3) is 0.408. The van der Waals surface area contributed by atoms with E-state index in [-0.39, 0.29) is 34.9 Å². The number of ketones is 1. The number of allylic oxidation sites excluding steroid dienone is 1. The number of rotatable bonds is 14. The summed E-state index contributed by atoms with van der Waals surface area (Å²) in [6, 6.07) is 16.0. The number of nitrogens with one attached hydrogen (secondary N) is 2. The zero-order chi connectivity index (χ0) is 48.5. The molecule has 19 heteroatoms. The van der Waals surface area contributed by atoms with Crippen molar-refractivity contribution in [1.29, 1.82) is 0 Å². The summed E-state index contributed by atoms with van der Waals surface area (Å²) in [5, 5.41) is 15.9. The van der Waals surface area contributed by atoms with Crippen LogP contribution in [0.2, 0.25) is 0 Å². The molecule has 15 nitrogen and oxygen atoms in total. The Morgan fingerprint density at radius 3 is 2.53 bits per heavy atom. The molecule has 0 bridgehead atoms. The van der Waals surface area contributed by atoms with Gasteiger partial charge in [-0.2, -0.15) is 13.2 Å². The van der Waals surface area contributed by atoms with Crippen LogP contribution in [-0.4, -0.2) is 116 Å². The van der Waals surface area contributed by atoms with Gasteiger partial charge in [-0.1, -0.05) is 25.5 Å². The van der Waals surface area contributed by atoms with Gasteiger partial charge in [0, 0.05) is 88.7 Å². The number of H-pyrrole nitrogens is 1. The quantitative estimate of drug-likeness (QED) is 0.0615. The molecule has 4 heterocycles. The number of nitrogens with zero attached hydrogens (tertiary/aromatic N) is 5. The molecule has 2 saturated heterocycles. The average molecular weight is 958 g/mol. The lowest BCUT2D eigenvalue weighted by molar-refractivity contribution is -0.384. The third-order valence-corrected chi connectivity index (χ3v) is 14.6. The number of hydrogen-bond donors (Lipinski definition) is 2. The smallest absolute Gasteiger partial charge is 0.416 e. The van der Waals surface area contributed by atoms with Gasteiger partial charge in [-0.15, -0.1) is 0 Å². The number of benzene rings is 3. The second-order valence-corrected chi connectivity index (χ2v) is 20.5. The summed E-state index contributed by atoms with van der Waals surface area (Å²) in [6.45, 7) is 12.0. The van der Waals surface area contributed by atoms with Crippen molar-refractivity contribution >= 4 is 55.2 Å². The van der Waals surface area contributed by atoms with Gasteiger partial charge in [-0.3, -0.25) is 24.6 Å². The summed E-state index contributed by atoms with van der Waals surface area (Å²) < 4.78 is 80.4. The molecule has 360 valence electrons. The number of aromatic amines is 1. The number of morpholine rings is 1. The van der Waals surface area contributed by atoms with Crippen molar-refractivity contribution in [3.8, 4) is 11.5 Å². The van der Waals surface area contributed by atoms with Crippen molar-refractivity contribution in [3.63, 3.8) is 0 Å². The van der Waals surface area contributed by atoms with E-state index >= 15 is 0 Å². The van der Waals surface area contributed by atoms with Gasteiger partial charge in [0.1, 0.15) is 28.6 Å². The molecular weight excluding hydrogens is 904 g/mol. The maximum Gasteiger partial charge on any atom is 0.416 e. The normalized spacial score (nSPS) is 18.2. The van der Waals surface area contributed by atoms with Crippen LogP contribution in [-0.2, 0) is 25.5 Å². The van der Waals surface area contributed by atoms with Crippen LogP contribution in [0, 0.1) is 22.5 Å². The summed E-state index contributed by atoms with van der Waals surface area (Å²) in [7, 11) is -4.42. The van der Waals surface area contributed by atoms with Crippen LogP contribution in [0.4, 0.5) is 30.2 Å². The van der Waals surface area contributed by atoms with E-state index in [9.17, 15) is 41.3 Å². The predicted octanol–water partition coefficient (Wildman–Crippen LogP) is 8.69.